The molecule has 1 saturated heterocycles. The van der Waals surface area contributed by atoms with Crippen molar-refractivity contribution in [1.29, 1.82) is 0 Å². The third-order valence-electron chi connectivity index (χ3n) is 3.16. The van der Waals surface area contributed by atoms with Crippen molar-refractivity contribution in [2.75, 3.05) is 13.1 Å². The summed E-state index contributed by atoms with van der Waals surface area (Å²) in [5, 5.41) is 0. The quantitative estimate of drug-likeness (QED) is 0.859. The SMILES string of the molecule is O=C(c1ccccc1F)N1CC(Oc2ccccn2)C1. The average molecular weight is 272 g/mol. The van der Waals surface area contributed by atoms with Crippen molar-refractivity contribution in [3.63, 3.8) is 0 Å². The van der Waals surface area contributed by atoms with Gasteiger partial charge in [0.1, 0.15) is 11.9 Å². The third kappa shape index (κ3) is 2.47. The number of hydrogen-bond acceptors (Lipinski definition) is 3. The summed E-state index contributed by atoms with van der Waals surface area (Å²) in [5.74, 6) is -0.258. The molecule has 102 valence electrons. The zero-order chi connectivity index (χ0) is 13.9. The molecule has 20 heavy (non-hydrogen) atoms. The first kappa shape index (κ1) is 12.6. The first-order valence-electron chi connectivity index (χ1n) is 6.35. The summed E-state index contributed by atoms with van der Waals surface area (Å²) in [7, 11) is 0. The Morgan fingerprint density at radius 3 is 2.65 bits per heavy atom. The van der Waals surface area contributed by atoms with Gasteiger partial charge in [-0.1, -0.05) is 18.2 Å². The van der Waals surface area contributed by atoms with Crippen LogP contribution in [0.25, 0.3) is 0 Å². The Labute approximate surface area is 115 Å². The van der Waals surface area contributed by atoms with Crippen molar-refractivity contribution < 1.29 is 13.9 Å². The number of halogens is 1. The molecule has 0 saturated carbocycles. The number of rotatable bonds is 3. The number of carbonyl (C=O) groups excluding carboxylic acids is 1. The molecule has 0 unspecified atom stereocenters. The lowest BCUT2D eigenvalue weighted by Gasteiger charge is -2.38. The van der Waals surface area contributed by atoms with Crippen molar-refractivity contribution in [2.24, 2.45) is 0 Å². The van der Waals surface area contributed by atoms with E-state index in [-0.39, 0.29) is 17.6 Å². The minimum absolute atomic E-state index is 0.0828. The van der Waals surface area contributed by atoms with Crippen LogP contribution in [0.3, 0.4) is 0 Å². The van der Waals surface area contributed by atoms with Gasteiger partial charge in [-0.25, -0.2) is 9.37 Å². The summed E-state index contributed by atoms with van der Waals surface area (Å²) in [6.45, 7) is 0.896. The van der Waals surface area contributed by atoms with Gasteiger partial charge in [-0.2, -0.15) is 0 Å². The predicted molar refractivity (Wildman–Crippen MR) is 71.0 cm³/mol. The monoisotopic (exact) mass is 272 g/mol. The maximum absolute atomic E-state index is 13.5. The number of ether oxygens (including phenoxy) is 1. The molecule has 3 rings (SSSR count). The molecular weight excluding hydrogens is 259 g/mol. The molecule has 1 amide bonds. The van der Waals surface area contributed by atoms with Crippen LogP contribution in [0.2, 0.25) is 0 Å². The number of likely N-dealkylation sites (tertiary alicyclic amines) is 1. The van der Waals surface area contributed by atoms with E-state index in [0.717, 1.165) is 0 Å². The lowest BCUT2D eigenvalue weighted by Crippen LogP contribution is -2.56. The van der Waals surface area contributed by atoms with E-state index in [4.69, 9.17) is 4.74 Å². The molecule has 0 radical (unpaired) electrons. The van der Waals surface area contributed by atoms with Gasteiger partial charge in [0.25, 0.3) is 5.91 Å². The Morgan fingerprint density at radius 1 is 1.20 bits per heavy atom. The van der Waals surface area contributed by atoms with Crippen molar-refractivity contribution in [3.05, 3.63) is 60.0 Å². The summed E-state index contributed by atoms with van der Waals surface area (Å²) in [6.07, 6.45) is 1.57. The minimum atomic E-state index is -0.494. The van der Waals surface area contributed by atoms with Crippen LogP contribution >= 0.6 is 0 Å². The summed E-state index contributed by atoms with van der Waals surface area (Å²) < 4.78 is 19.1. The molecule has 0 spiro atoms. The van der Waals surface area contributed by atoms with E-state index in [1.807, 2.05) is 12.1 Å². The molecule has 1 aliphatic rings. The zero-order valence-corrected chi connectivity index (χ0v) is 10.7. The summed E-state index contributed by atoms with van der Waals surface area (Å²) >= 11 is 0. The molecule has 1 aliphatic heterocycles. The van der Waals surface area contributed by atoms with Crippen LogP contribution in [-0.4, -0.2) is 35.0 Å². The van der Waals surface area contributed by atoms with E-state index in [2.05, 4.69) is 4.98 Å². The molecular formula is C15H13FN2O2. The highest BCUT2D eigenvalue weighted by Crippen LogP contribution is 2.19. The number of amides is 1. The van der Waals surface area contributed by atoms with Gasteiger partial charge < -0.3 is 9.64 Å². The Hall–Kier alpha value is -2.43. The number of hydrogen-bond donors (Lipinski definition) is 0. The maximum atomic E-state index is 13.5. The molecule has 5 heteroatoms. The van der Waals surface area contributed by atoms with Crippen LogP contribution < -0.4 is 4.74 Å². The number of nitrogens with zero attached hydrogens (tertiary/aromatic N) is 2. The molecule has 1 aromatic carbocycles. The molecule has 4 nitrogen and oxygen atoms in total. The van der Waals surface area contributed by atoms with Crippen LogP contribution in [0.5, 0.6) is 5.88 Å². The summed E-state index contributed by atoms with van der Waals surface area (Å²) in [4.78, 5) is 17.7. The van der Waals surface area contributed by atoms with Gasteiger partial charge in [-0.3, -0.25) is 4.79 Å². The third-order valence-corrected chi connectivity index (χ3v) is 3.16. The van der Waals surface area contributed by atoms with Crippen LogP contribution in [0.4, 0.5) is 4.39 Å². The second-order valence-electron chi connectivity index (χ2n) is 4.60. The van der Waals surface area contributed by atoms with Gasteiger partial charge >= 0.3 is 0 Å². The van der Waals surface area contributed by atoms with Crippen molar-refractivity contribution in [3.8, 4) is 5.88 Å². The zero-order valence-electron chi connectivity index (χ0n) is 10.7. The van der Waals surface area contributed by atoms with E-state index in [1.165, 1.54) is 12.1 Å². The normalized spacial score (nSPS) is 14.8. The first-order chi connectivity index (χ1) is 9.74. The Bertz CT molecular complexity index is 612. The van der Waals surface area contributed by atoms with E-state index < -0.39 is 5.82 Å². The first-order valence-corrected chi connectivity index (χ1v) is 6.35. The number of pyridine rings is 1. The second-order valence-corrected chi connectivity index (χ2v) is 4.60. The topological polar surface area (TPSA) is 42.4 Å². The molecule has 0 atom stereocenters. The van der Waals surface area contributed by atoms with Gasteiger partial charge in [0.05, 0.1) is 18.7 Å². The van der Waals surface area contributed by atoms with E-state index in [9.17, 15) is 9.18 Å². The van der Waals surface area contributed by atoms with E-state index in [0.29, 0.717) is 19.0 Å². The number of benzene rings is 1. The van der Waals surface area contributed by atoms with Crippen LogP contribution in [0, 0.1) is 5.82 Å². The Balaban J connectivity index is 1.58. The maximum Gasteiger partial charge on any atom is 0.257 e. The van der Waals surface area contributed by atoms with Gasteiger partial charge in [0.15, 0.2) is 0 Å². The van der Waals surface area contributed by atoms with Gasteiger partial charge in [0.2, 0.25) is 5.88 Å². The second kappa shape index (κ2) is 5.28. The van der Waals surface area contributed by atoms with Crippen molar-refractivity contribution in [2.45, 2.75) is 6.10 Å². The van der Waals surface area contributed by atoms with E-state index in [1.54, 1.807) is 29.3 Å². The highest BCUT2D eigenvalue weighted by Gasteiger charge is 2.33. The van der Waals surface area contributed by atoms with Crippen molar-refractivity contribution in [1.82, 2.24) is 9.88 Å². The molecule has 0 N–H and O–H groups in total. The lowest BCUT2D eigenvalue weighted by molar-refractivity contribution is 0.0157. The van der Waals surface area contributed by atoms with Crippen LogP contribution in [0.1, 0.15) is 10.4 Å². The largest absolute Gasteiger partial charge is 0.471 e. The molecule has 2 heterocycles. The van der Waals surface area contributed by atoms with Crippen LogP contribution in [-0.2, 0) is 0 Å². The standard InChI is InChI=1S/C15H13FN2O2/c16-13-6-2-1-5-12(13)15(19)18-9-11(10-18)20-14-7-3-4-8-17-14/h1-8,11H,9-10H2. The smallest absolute Gasteiger partial charge is 0.257 e. The predicted octanol–water partition coefficient (Wildman–Crippen LogP) is 2.12. The van der Waals surface area contributed by atoms with Gasteiger partial charge in [0, 0.05) is 12.3 Å². The fourth-order valence-corrected chi connectivity index (χ4v) is 2.07. The fourth-order valence-electron chi connectivity index (χ4n) is 2.07. The molecule has 2 aromatic rings. The minimum Gasteiger partial charge on any atom is -0.471 e. The highest BCUT2D eigenvalue weighted by atomic mass is 19.1. The van der Waals surface area contributed by atoms with Gasteiger partial charge in [-0.15, -0.1) is 0 Å². The van der Waals surface area contributed by atoms with Crippen LogP contribution in [0.15, 0.2) is 48.7 Å². The van der Waals surface area contributed by atoms with Crippen molar-refractivity contribution >= 4 is 5.91 Å². The summed E-state index contributed by atoms with van der Waals surface area (Å²) in [5.41, 5.74) is 0.101. The molecule has 0 bridgehead atoms. The highest BCUT2D eigenvalue weighted by molar-refractivity contribution is 5.95. The lowest BCUT2D eigenvalue weighted by atomic mass is 10.1. The Kier molecular flexibility index (Phi) is 3.33. The van der Waals surface area contributed by atoms with E-state index >= 15 is 0 Å². The average Bonchev–Trinajstić information content (AvgIpc) is 2.43. The molecule has 1 fully saturated rings. The number of aromatic nitrogens is 1. The molecule has 0 aliphatic carbocycles. The van der Waals surface area contributed by atoms with Gasteiger partial charge in [-0.05, 0) is 18.2 Å². The Morgan fingerprint density at radius 2 is 1.95 bits per heavy atom. The number of carbonyl (C=O) groups is 1. The summed E-state index contributed by atoms with van der Waals surface area (Å²) in [6, 6.07) is 11.4. The fraction of sp³-hybridized carbons (Fsp3) is 0.200. The molecule has 1 aromatic heterocycles.